The van der Waals surface area contributed by atoms with Gasteiger partial charge in [0, 0.05) is 29.9 Å². The van der Waals surface area contributed by atoms with Gasteiger partial charge in [0.25, 0.3) is 10.0 Å². The first-order valence-corrected chi connectivity index (χ1v) is 10.6. The summed E-state index contributed by atoms with van der Waals surface area (Å²) < 4.78 is 53.8. The maximum atomic E-state index is 14.7. The Bertz CT molecular complexity index is 1160. The molecule has 0 unspecified atom stereocenters. The van der Waals surface area contributed by atoms with Gasteiger partial charge in [-0.15, -0.1) is 0 Å². The molecule has 8 heteroatoms. The summed E-state index contributed by atoms with van der Waals surface area (Å²) in [6.45, 7) is 4.17. The molecule has 0 spiro atoms. The van der Waals surface area contributed by atoms with Crippen LogP contribution in [0.15, 0.2) is 72.3 Å². The Morgan fingerprint density at radius 2 is 1.97 bits per heavy atom. The van der Waals surface area contributed by atoms with Gasteiger partial charge in [-0.3, -0.25) is 0 Å². The molecule has 0 aliphatic rings. The Morgan fingerprint density at radius 3 is 2.63 bits per heavy atom. The number of hydrogen-bond acceptors (Lipinski definition) is 5. The van der Waals surface area contributed by atoms with Crippen molar-refractivity contribution in [3.8, 4) is 22.8 Å². The molecule has 0 bridgehead atoms. The highest BCUT2D eigenvalue weighted by atomic mass is 32.2. The SMILES string of the molecule is C=CCOc1cccc(S(=O)(=O)n2cc(CNC)c(OC)c2-c2ccccc2F)c1. The lowest BCUT2D eigenvalue weighted by molar-refractivity contribution is 0.362. The number of ether oxygens (including phenoxy) is 2. The van der Waals surface area contributed by atoms with Crippen LogP contribution in [0.1, 0.15) is 5.56 Å². The van der Waals surface area contributed by atoms with E-state index >= 15 is 0 Å². The van der Waals surface area contributed by atoms with Gasteiger partial charge < -0.3 is 14.8 Å². The Morgan fingerprint density at radius 1 is 1.20 bits per heavy atom. The van der Waals surface area contributed by atoms with E-state index in [2.05, 4.69) is 11.9 Å². The number of hydrogen-bond donors (Lipinski definition) is 1. The topological polar surface area (TPSA) is 69.6 Å². The summed E-state index contributed by atoms with van der Waals surface area (Å²) >= 11 is 0. The van der Waals surface area contributed by atoms with Crippen molar-refractivity contribution < 1.29 is 22.3 Å². The average molecular weight is 431 g/mol. The molecule has 1 heterocycles. The van der Waals surface area contributed by atoms with Crippen molar-refractivity contribution in [2.24, 2.45) is 0 Å². The molecule has 0 atom stereocenters. The minimum absolute atomic E-state index is 0.00955. The Labute approximate surface area is 175 Å². The van der Waals surface area contributed by atoms with Crippen LogP contribution < -0.4 is 14.8 Å². The van der Waals surface area contributed by atoms with E-state index in [9.17, 15) is 12.8 Å². The Kier molecular flexibility index (Phi) is 6.59. The quantitative estimate of drug-likeness (QED) is 0.523. The van der Waals surface area contributed by atoms with Crippen molar-refractivity contribution in [2.45, 2.75) is 11.4 Å². The lowest BCUT2D eigenvalue weighted by Crippen LogP contribution is -2.14. The summed E-state index contributed by atoms with van der Waals surface area (Å²) in [5.74, 6) is 0.125. The summed E-state index contributed by atoms with van der Waals surface area (Å²) in [4.78, 5) is 0.00955. The monoisotopic (exact) mass is 430 g/mol. The summed E-state index contributed by atoms with van der Waals surface area (Å²) in [6.07, 6.45) is 3.02. The van der Waals surface area contributed by atoms with E-state index in [1.165, 1.54) is 37.6 Å². The normalized spacial score (nSPS) is 11.3. The van der Waals surface area contributed by atoms with Gasteiger partial charge in [-0.05, 0) is 31.3 Å². The molecule has 0 radical (unpaired) electrons. The average Bonchev–Trinajstić information content (AvgIpc) is 3.12. The van der Waals surface area contributed by atoms with Crippen LogP contribution in [0.3, 0.4) is 0 Å². The van der Waals surface area contributed by atoms with Gasteiger partial charge in [-0.2, -0.15) is 0 Å². The van der Waals surface area contributed by atoms with Crippen molar-refractivity contribution in [3.63, 3.8) is 0 Å². The fraction of sp³-hybridized carbons (Fsp3) is 0.182. The summed E-state index contributed by atoms with van der Waals surface area (Å²) in [5, 5.41) is 2.98. The second kappa shape index (κ2) is 9.15. The molecule has 30 heavy (non-hydrogen) atoms. The first-order chi connectivity index (χ1) is 14.4. The molecule has 1 aromatic heterocycles. The number of rotatable bonds is 9. The van der Waals surface area contributed by atoms with E-state index < -0.39 is 15.8 Å². The van der Waals surface area contributed by atoms with Crippen molar-refractivity contribution in [1.29, 1.82) is 0 Å². The van der Waals surface area contributed by atoms with E-state index in [0.717, 1.165) is 3.97 Å². The highest BCUT2D eigenvalue weighted by Crippen LogP contribution is 2.39. The fourth-order valence-corrected chi connectivity index (χ4v) is 4.57. The van der Waals surface area contributed by atoms with Crippen LogP contribution in [0.2, 0.25) is 0 Å². The molecule has 0 saturated heterocycles. The van der Waals surface area contributed by atoms with E-state index in [1.54, 1.807) is 37.4 Å². The highest BCUT2D eigenvalue weighted by Gasteiger charge is 2.28. The Balaban J connectivity index is 2.24. The molecule has 6 nitrogen and oxygen atoms in total. The molecule has 2 aromatic carbocycles. The highest BCUT2D eigenvalue weighted by molar-refractivity contribution is 7.90. The van der Waals surface area contributed by atoms with E-state index in [4.69, 9.17) is 9.47 Å². The maximum absolute atomic E-state index is 14.7. The molecule has 1 N–H and O–H groups in total. The number of benzene rings is 2. The number of nitrogens with zero attached hydrogens (tertiary/aromatic N) is 1. The molecule has 3 aromatic rings. The second-order valence-corrected chi connectivity index (χ2v) is 8.24. The van der Waals surface area contributed by atoms with Crippen LogP contribution in [0.5, 0.6) is 11.5 Å². The van der Waals surface area contributed by atoms with Gasteiger partial charge in [0.1, 0.15) is 29.6 Å². The maximum Gasteiger partial charge on any atom is 0.268 e. The van der Waals surface area contributed by atoms with Gasteiger partial charge in [-0.25, -0.2) is 16.8 Å². The smallest absolute Gasteiger partial charge is 0.268 e. The predicted octanol–water partition coefficient (Wildman–Crippen LogP) is 3.82. The largest absolute Gasteiger partial charge is 0.494 e. The molecule has 3 rings (SSSR count). The Hall–Kier alpha value is -3.10. The van der Waals surface area contributed by atoms with Crippen LogP contribution >= 0.6 is 0 Å². The second-order valence-electron chi connectivity index (χ2n) is 6.42. The lowest BCUT2D eigenvalue weighted by Gasteiger charge is -2.13. The third-order valence-electron chi connectivity index (χ3n) is 4.43. The summed E-state index contributed by atoms with van der Waals surface area (Å²) in [6, 6.07) is 12.1. The fourth-order valence-electron chi connectivity index (χ4n) is 3.14. The van der Waals surface area contributed by atoms with Crippen molar-refractivity contribution in [2.75, 3.05) is 20.8 Å². The third kappa shape index (κ3) is 4.10. The van der Waals surface area contributed by atoms with Crippen molar-refractivity contribution in [3.05, 3.63) is 78.8 Å². The number of methoxy groups -OCH3 is 1. The van der Waals surface area contributed by atoms with Gasteiger partial charge in [0.05, 0.1) is 12.0 Å². The number of halogens is 1. The first kappa shape index (κ1) is 21.6. The van der Waals surface area contributed by atoms with Gasteiger partial charge in [-0.1, -0.05) is 30.9 Å². The molecule has 0 fully saturated rings. The molecule has 0 amide bonds. The first-order valence-electron chi connectivity index (χ1n) is 9.21. The zero-order valence-corrected chi connectivity index (χ0v) is 17.6. The van der Waals surface area contributed by atoms with E-state index in [-0.39, 0.29) is 28.5 Å². The van der Waals surface area contributed by atoms with Gasteiger partial charge in [0.2, 0.25) is 0 Å². The number of aromatic nitrogens is 1. The third-order valence-corrected chi connectivity index (χ3v) is 6.09. The zero-order valence-electron chi connectivity index (χ0n) is 16.8. The van der Waals surface area contributed by atoms with E-state index in [0.29, 0.717) is 17.9 Å². The summed E-state index contributed by atoms with van der Waals surface area (Å²) in [7, 11) is -0.915. The molecule has 0 saturated carbocycles. The lowest BCUT2D eigenvalue weighted by atomic mass is 10.1. The van der Waals surface area contributed by atoms with Crippen molar-refractivity contribution in [1.82, 2.24) is 9.29 Å². The van der Waals surface area contributed by atoms with Crippen molar-refractivity contribution >= 4 is 10.0 Å². The molecule has 0 aliphatic carbocycles. The minimum atomic E-state index is -4.08. The molecular formula is C22H23FN2O4S. The van der Waals surface area contributed by atoms with Gasteiger partial charge >= 0.3 is 0 Å². The summed E-state index contributed by atoms with van der Waals surface area (Å²) in [5.41, 5.74) is 0.832. The van der Waals surface area contributed by atoms with Crippen LogP contribution in [-0.4, -0.2) is 33.2 Å². The van der Waals surface area contributed by atoms with Crippen LogP contribution in [0, 0.1) is 5.82 Å². The minimum Gasteiger partial charge on any atom is -0.494 e. The predicted molar refractivity (Wildman–Crippen MR) is 114 cm³/mol. The van der Waals surface area contributed by atoms with E-state index in [1.807, 2.05) is 0 Å². The molecule has 158 valence electrons. The van der Waals surface area contributed by atoms with Crippen LogP contribution in [0.25, 0.3) is 11.3 Å². The standard InChI is InChI=1S/C22H23FN2O4S/c1-4-12-29-17-8-7-9-18(13-17)30(26,27)25-15-16(14-24-2)22(28-3)21(25)19-10-5-6-11-20(19)23/h4-11,13,15,24H,1,12,14H2,2-3H3. The van der Waals surface area contributed by atoms with Gasteiger partial charge in [0.15, 0.2) is 0 Å². The molecular weight excluding hydrogens is 407 g/mol. The zero-order chi connectivity index (χ0) is 21.7. The van der Waals surface area contributed by atoms with Crippen LogP contribution in [-0.2, 0) is 16.6 Å². The van der Waals surface area contributed by atoms with Crippen LogP contribution in [0.4, 0.5) is 4.39 Å². The molecule has 0 aliphatic heterocycles. The number of nitrogens with one attached hydrogen (secondary N) is 1.